The maximum Gasteiger partial charge on any atom is 0.164 e. The quantitative estimate of drug-likeness (QED) is 0.186. The molecule has 4 heterocycles. The van der Waals surface area contributed by atoms with Crippen LogP contribution in [0.1, 0.15) is 28.6 Å². The molecule has 0 amide bonds. The van der Waals surface area contributed by atoms with Crippen molar-refractivity contribution in [2.45, 2.75) is 12.3 Å². The number of hydrogen-bond donors (Lipinski definition) is 0. The molecular weight excluding hydrogens is 647 g/mol. The third-order valence-electron chi connectivity index (χ3n) is 10.1. The van der Waals surface area contributed by atoms with Gasteiger partial charge in [0.2, 0.25) is 0 Å². The number of thiophene rings is 1. The van der Waals surface area contributed by atoms with Crippen molar-refractivity contribution in [3.63, 3.8) is 0 Å². The van der Waals surface area contributed by atoms with Gasteiger partial charge in [-0.25, -0.2) is 15.0 Å². The van der Waals surface area contributed by atoms with Crippen molar-refractivity contribution in [1.82, 2.24) is 15.0 Å². The second-order valence-electron chi connectivity index (χ2n) is 13.0. The minimum Gasteiger partial charge on any atom is -0.456 e. The normalized spacial score (nSPS) is 14.3. The zero-order valence-electron chi connectivity index (χ0n) is 27.2. The SMILES string of the molecule is C1=Cc2sc3ccccc3c2C(c2nc(-c3ccccc3)nc(-c3cccc4oc5cccc(-c6ccc7c(c6)oc6ccccc67)c5c34)n2)C1. The fraction of sp³-hybridized carbons (Fsp3) is 0.0444. The molecule has 1 unspecified atom stereocenters. The molecule has 1 aliphatic rings. The van der Waals surface area contributed by atoms with Crippen molar-refractivity contribution in [1.29, 1.82) is 0 Å². The number of rotatable bonds is 4. The number of fused-ring (bicyclic) bond motifs is 9. The van der Waals surface area contributed by atoms with Crippen LogP contribution in [0.2, 0.25) is 0 Å². The summed E-state index contributed by atoms with van der Waals surface area (Å²) in [6, 6.07) is 45.9. The van der Waals surface area contributed by atoms with Crippen LogP contribution in [-0.4, -0.2) is 15.0 Å². The van der Waals surface area contributed by atoms with Gasteiger partial charge in [-0.2, -0.15) is 0 Å². The van der Waals surface area contributed by atoms with E-state index in [1.807, 2.05) is 65.9 Å². The Morgan fingerprint density at radius 1 is 0.529 bits per heavy atom. The highest BCUT2D eigenvalue weighted by Gasteiger charge is 2.28. The molecule has 240 valence electrons. The van der Waals surface area contributed by atoms with Gasteiger partial charge in [0.05, 0.1) is 0 Å². The summed E-state index contributed by atoms with van der Waals surface area (Å²) in [4.78, 5) is 17.0. The van der Waals surface area contributed by atoms with Crippen LogP contribution < -0.4 is 0 Å². The lowest BCUT2D eigenvalue weighted by molar-refractivity contribution is 0.668. The van der Waals surface area contributed by atoms with E-state index in [2.05, 4.69) is 91.0 Å². The summed E-state index contributed by atoms with van der Waals surface area (Å²) in [7, 11) is 0. The van der Waals surface area contributed by atoms with Gasteiger partial charge >= 0.3 is 0 Å². The maximum atomic E-state index is 6.56. The molecule has 0 fully saturated rings. The van der Waals surface area contributed by atoms with Gasteiger partial charge < -0.3 is 8.83 Å². The van der Waals surface area contributed by atoms with E-state index in [9.17, 15) is 0 Å². The summed E-state index contributed by atoms with van der Waals surface area (Å²) in [6.07, 6.45) is 5.32. The van der Waals surface area contributed by atoms with E-state index in [0.29, 0.717) is 11.6 Å². The second kappa shape index (κ2) is 11.1. The first-order valence-corrected chi connectivity index (χ1v) is 17.9. The molecule has 0 radical (unpaired) electrons. The summed E-state index contributed by atoms with van der Waals surface area (Å²) in [6.45, 7) is 0. The minimum absolute atomic E-state index is 0.00300. The summed E-state index contributed by atoms with van der Waals surface area (Å²) < 4.78 is 14.1. The Morgan fingerprint density at radius 3 is 2.10 bits per heavy atom. The maximum absolute atomic E-state index is 6.56. The van der Waals surface area contributed by atoms with Crippen LogP contribution in [0.25, 0.3) is 93.9 Å². The predicted octanol–water partition coefficient (Wildman–Crippen LogP) is 12.4. The Labute approximate surface area is 296 Å². The van der Waals surface area contributed by atoms with Crippen molar-refractivity contribution in [2.24, 2.45) is 0 Å². The molecule has 4 aromatic heterocycles. The van der Waals surface area contributed by atoms with E-state index in [1.165, 1.54) is 20.5 Å². The van der Waals surface area contributed by atoms with E-state index in [1.54, 1.807) is 0 Å². The largest absolute Gasteiger partial charge is 0.456 e. The molecule has 0 saturated heterocycles. The molecule has 11 rings (SSSR count). The highest BCUT2D eigenvalue weighted by molar-refractivity contribution is 7.20. The van der Waals surface area contributed by atoms with Crippen molar-refractivity contribution in [2.75, 3.05) is 0 Å². The molecule has 0 N–H and O–H groups in total. The molecule has 6 heteroatoms. The van der Waals surface area contributed by atoms with Gasteiger partial charge in [0.15, 0.2) is 11.6 Å². The van der Waals surface area contributed by atoms with E-state index in [-0.39, 0.29) is 5.92 Å². The molecule has 1 atom stereocenters. The summed E-state index contributed by atoms with van der Waals surface area (Å²) in [5.74, 6) is 2.06. The van der Waals surface area contributed by atoms with Gasteiger partial charge in [-0.1, -0.05) is 103 Å². The lowest BCUT2D eigenvalue weighted by Crippen LogP contribution is -2.11. The lowest BCUT2D eigenvalue weighted by Gasteiger charge is -2.20. The van der Waals surface area contributed by atoms with E-state index in [0.717, 1.165) is 78.4 Å². The Bertz CT molecular complexity index is 3020. The fourth-order valence-electron chi connectivity index (χ4n) is 7.80. The number of allylic oxidation sites excluding steroid dienone is 1. The topological polar surface area (TPSA) is 65.0 Å². The van der Waals surface area contributed by atoms with Crippen LogP contribution in [0.15, 0.2) is 148 Å². The van der Waals surface area contributed by atoms with Gasteiger partial charge in [0, 0.05) is 48.2 Å². The zero-order chi connectivity index (χ0) is 33.5. The number of aromatic nitrogens is 3. The van der Waals surface area contributed by atoms with E-state index in [4.69, 9.17) is 23.8 Å². The first-order chi connectivity index (χ1) is 25.3. The Kier molecular flexibility index (Phi) is 6.18. The minimum atomic E-state index is -0.00300. The molecule has 0 saturated carbocycles. The summed E-state index contributed by atoms with van der Waals surface area (Å²) in [5, 5.41) is 5.49. The lowest BCUT2D eigenvalue weighted by atomic mass is 9.88. The van der Waals surface area contributed by atoms with Gasteiger partial charge in [-0.15, -0.1) is 11.3 Å². The second-order valence-corrected chi connectivity index (χ2v) is 14.1. The smallest absolute Gasteiger partial charge is 0.164 e. The number of nitrogens with zero attached hydrogens (tertiary/aromatic N) is 3. The molecule has 10 aromatic rings. The molecule has 0 spiro atoms. The standard InChI is InChI=1S/C45H27N3O2S/c1-2-11-26(12-3-1)43-46-44(32-17-10-22-39-40(32)31-14-5-7-21-38(31)51-39)48-45(47-43)33-16-9-20-36-42(33)41-28(15-8-19-35(41)50-36)27-23-24-30-29-13-4-6-18-34(29)49-37(30)25-27/h1-16,18-25,32H,17H2. The van der Waals surface area contributed by atoms with Gasteiger partial charge in [0.25, 0.3) is 0 Å². The number of furan rings is 2. The van der Waals surface area contributed by atoms with Crippen LogP contribution >= 0.6 is 11.3 Å². The van der Waals surface area contributed by atoms with Gasteiger partial charge in [-0.05, 0) is 71.0 Å². The Hall–Kier alpha value is -6.37. The monoisotopic (exact) mass is 673 g/mol. The molecule has 6 aromatic carbocycles. The fourth-order valence-corrected chi connectivity index (χ4v) is 9.00. The average Bonchev–Trinajstić information content (AvgIpc) is 3.89. The van der Waals surface area contributed by atoms with Crippen molar-refractivity contribution >= 4 is 71.4 Å². The molecule has 0 bridgehead atoms. The summed E-state index contributed by atoms with van der Waals surface area (Å²) >= 11 is 1.83. The molecule has 1 aliphatic carbocycles. The Morgan fingerprint density at radius 2 is 1.22 bits per heavy atom. The molecule has 0 aliphatic heterocycles. The number of benzene rings is 6. The third kappa shape index (κ3) is 4.43. The van der Waals surface area contributed by atoms with Gasteiger partial charge in [0.1, 0.15) is 28.2 Å². The average molecular weight is 674 g/mol. The first kappa shape index (κ1) is 28.5. The number of para-hydroxylation sites is 1. The van der Waals surface area contributed by atoms with Gasteiger partial charge in [-0.3, -0.25) is 0 Å². The molecule has 51 heavy (non-hydrogen) atoms. The first-order valence-electron chi connectivity index (χ1n) is 17.1. The zero-order valence-corrected chi connectivity index (χ0v) is 28.0. The predicted molar refractivity (Wildman–Crippen MR) is 208 cm³/mol. The third-order valence-corrected chi connectivity index (χ3v) is 11.3. The van der Waals surface area contributed by atoms with E-state index < -0.39 is 0 Å². The molecular formula is C45H27N3O2S. The van der Waals surface area contributed by atoms with Crippen molar-refractivity contribution in [3.8, 4) is 33.9 Å². The number of hydrogen-bond acceptors (Lipinski definition) is 6. The Balaban J connectivity index is 1.15. The van der Waals surface area contributed by atoms with Crippen LogP contribution in [0.3, 0.4) is 0 Å². The van der Waals surface area contributed by atoms with Crippen LogP contribution in [-0.2, 0) is 0 Å². The van der Waals surface area contributed by atoms with E-state index >= 15 is 0 Å². The van der Waals surface area contributed by atoms with Crippen LogP contribution in [0.4, 0.5) is 0 Å². The van der Waals surface area contributed by atoms with Crippen LogP contribution in [0.5, 0.6) is 0 Å². The highest BCUT2D eigenvalue weighted by Crippen LogP contribution is 2.45. The highest BCUT2D eigenvalue weighted by atomic mass is 32.1. The van der Waals surface area contributed by atoms with Crippen molar-refractivity contribution in [3.05, 3.63) is 156 Å². The van der Waals surface area contributed by atoms with Crippen LogP contribution in [0, 0.1) is 0 Å². The summed E-state index contributed by atoms with van der Waals surface area (Å²) in [5.41, 5.74) is 8.61. The van der Waals surface area contributed by atoms with Crippen molar-refractivity contribution < 1.29 is 8.83 Å². The molecule has 5 nitrogen and oxygen atoms in total.